The van der Waals surface area contributed by atoms with Crippen molar-refractivity contribution in [2.75, 3.05) is 29.5 Å². The van der Waals surface area contributed by atoms with Crippen molar-refractivity contribution in [1.29, 1.82) is 0 Å². The van der Waals surface area contributed by atoms with Crippen molar-refractivity contribution in [2.45, 2.75) is 19.4 Å². The molecule has 0 bridgehead atoms. The molecular formula is C13H19FN2O2S. The number of rotatable bonds is 2. The van der Waals surface area contributed by atoms with Crippen molar-refractivity contribution in [2.24, 2.45) is 5.73 Å². The summed E-state index contributed by atoms with van der Waals surface area (Å²) in [5.74, 6) is -0.0200. The number of anilines is 1. The minimum Gasteiger partial charge on any atom is -0.370 e. The second kappa shape index (κ2) is 5.46. The minimum absolute atomic E-state index is 0.113. The summed E-state index contributed by atoms with van der Waals surface area (Å²) in [6.45, 7) is 2.74. The predicted molar refractivity (Wildman–Crippen MR) is 74.5 cm³/mol. The van der Waals surface area contributed by atoms with Crippen LogP contribution in [0.5, 0.6) is 0 Å². The van der Waals surface area contributed by atoms with Crippen LogP contribution in [0.1, 0.15) is 24.9 Å². The highest BCUT2D eigenvalue weighted by Gasteiger charge is 2.23. The number of nitrogens with zero attached hydrogens (tertiary/aromatic N) is 1. The third kappa shape index (κ3) is 3.25. The molecule has 1 fully saturated rings. The summed E-state index contributed by atoms with van der Waals surface area (Å²) >= 11 is 0. The first kappa shape index (κ1) is 14.3. The summed E-state index contributed by atoms with van der Waals surface area (Å²) in [5, 5.41) is 0. The van der Waals surface area contributed by atoms with Gasteiger partial charge in [0.1, 0.15) is 5.82 Å². The quantitative estimate of drug-likeness (QED) is 0.894. The molecule has 0 spiro atoms. The van der Waals surface area contributed by atoms with E-state index in [1.165, 1.54) is 6.07 Å². The van der Waals surface area contributed by atoms with Crippen molar-refractivity contribution >= 4 is 15.5 Å². The summed E-state index contributed by atoms with van der Waals surface area (Å²) in [6.07, 6.45) is 0.567. The van der Waals surface area contributed by atoms with Crippen LogP contribution in [0, 0.1) is 5.82 Å². The molecule has 0 unspecified atom stereocenters. The number of nitrogens with two attached hydrogens (primary N) is 1. The van der Waals surface area contributed by atoms with Gasteiger partial charge in [0.05, 0.1) is 11.5 Å². The largest absolute Gasteiger partial charge is 0.370 e. The molecule has 0 aromatic heterocycles. The summed E-state index contributed by atoms with van der Waals surface area (Å²) in [4.78, 5) is 1.92. The van der Waals surface area contributed by atoms with Crippen LogP contribution in [-0.4, -0.2) is 33.0 Å². The van der Waals surface area contributed by atoms with Gasteiger partial charge in [0, 0.05) is 30.4 Å². The standard InChI is InChI=1S/C13H19FN2O2S/c1-10(15)13-11(14)4-2-5-12(13)16-6-3-8-19(17,18)9-7-16/h2,4-5,10H,3,6-9,15H2,1H3/t10-/m1/s1. The van der Waals surface area contributed by atoms with Gasteiger partial charge in [0.25, 0.3) is 0 Å². The van der Waals surface area contributed by atoms with Crippen molar-refractivity contribution in [3.63, 3.8) is 0 Å². The van der Waals surface area contributed by atoms with Crippen LogP contribution in [0.2, 0.25) is 0 Å². The molecule has 0 saturated carbocycles. The summed E-state index contributed by atoms with van der Waals surface area (Å²) in [7, 11) is -2.97. The molecule has 4 nitrogen and oxygen atoms in total. The highest BCUT2D eigenvalue weighted by Crippen LogP contribution is 2.28. The lowest BCUT2D eigenvalue weighted by Gasteiger charge is -2.26. The molecule has 2 rings (SSSR count). The third-order valence-electron chi connectivity index (χ3n) is 3.38. The fraction of sp³-hybridized carbons (Fsp3) is 0.538. The van der Waals surface area contributed by atoms with Crippen molar-refractivity contribution < 1.29 is 12.8 Å². The van der Waals surface area contributed by atoms with E-state index in [1.807, 2.05) is 4.90 Å². The maximum Gasteiger partial charge on any atom is 0.152 e. The summed E-state index contributed by atoms with van der Waals surface area (Å²) in [6, 6.07) is 4.41. The second-order valence-corrected chi connectivity index (χ2v) is 7.26. The first-order valence-electron chi connectivity index (χ1n) is 6.40. The molecule has 6 heteroatoms. The molecule has 0 aliphatic carbocycles. The van der Waals surface area contributed by atoms with Gasteiger partial charge in [0.2, 0.25) is 0 Å². The zero-order chi connectivity index (χ0) is 14.0. The Hall–Kier alpha value is -1.14. The van der Waals surface area contributed by atoms with Gasteiger partial charge in [-0.15, -0.1) is 0 Å². The summed E-state index contributed by atoms with van der Waals surface area (Å²) in [5.41, 5.74) is 7.00. The Morgan fingerprint density at radius 3 is 2.74 bits per heavy atom. The molecule has 1 atom stereocenters. The van der Waals surface area contributed by atoms with E-state index in [-0.39, 0.29) is 17.3 Å². The van der Waals surface area contributed by atoms with Crippen LogP contribution in [0.25, 0.3) is 0 Å². The normalized spacial score (nSPS) is 20.9. The van der Waals surface area contributed by atoms with E-state index in [0.29, 0.717) is 30.8 Å². The first-order valence-corrected chi connectivity index (χ1v) is 8.22. The molecule has 106 valence electrons. The van der Waals surface area contributed by atoms with E-state index in [4.69, 9.17) is 5.73 Å². The van der Waals surface area contributed by atoms with Crippen LogP contribution in [0.3, 0.4) is 0 Å². The van der Waals surface area contributed by atoms with E-state index < -0.39 is 15.9 Å². The zero-order valence-corrected chi connectivity index (χ0v) is 11.8. The fourth-order valence-corrected chi connectivity index (χ4v) is 3.70. The lowest BCUT2D eigenvalue weighted by molar-refractivity contribution is 0.591. The van der Waals surface area contributed by atoms with Gasteiger partial charge in [-0.05, 0) is 25.5 Å². The van der Waals surface area contributed by atoms with Gasteiger partial charge in [-0.25, -0.2) is 12.8 Å². The van der Waals surface area contributed by atoms with Crippen LogP contribution in [-0.2, 0) is 9.84 Å². The maximum absolute atomic E-state index is 13.9. The number of hydrogen-bond acceptors (Lipinski definition) is 4. The Morgan fingerprint density at radius 1 is 1.32 bits per heavy atom. The Labute approximate surface area is 113 Å². The van der Waals surface area contributed by atoms with Crippen LogP contribution >= 0.6 is 0 Å². The topological polar surface area (TPSA) is 63.4 Å². The second-order valence-electron chi connectivity index (χ2n) is 4.95. The molecular weight excluding hydrogens is 267 g/mol. The number of sulfone groups is 1. The molecule has 1 aliphatic heterocycles. The lowest BCUT2D eigenvalue weighted by atomic mass is 10.0. The monoisotopic (exact) mass is 286 g/mol. The van der Waals surface area contributed by atoms with Gasteiger partial charge in [0.15, 0.2) is 9.84 Å². The lowest BCUT2D eigenvalue weighted by Crippen LogP contribution is -2.29. The predicted octanol–water partition coefficient (Wildman–Crippen LogP) is 1.47. The molecule has 1 aromatic carbocycles. The zero-order valence-electron chi connectivity index (χ0n) is 11.0. The molecule has 2 N–H and O–H groups in total. The molecule has 19 heavy (non-hydrogen) atoms. The van der Waals surface area contributed by atoms with E-state index in [9.17, 15) is 12.8 Å². The number of benzene rings is 1. The summed E-state index contributed by atoms with van der Waals surface area (Å²) < 4.78 is 37.1. The van der Waals surface area contributed by atoms with Crippen molar-refractivity contribution in [3.05, 3.63) is 29.6 Å². The van der Waals surface area contributed by atoms with E-state index in [0.717, 1.165) is 0 Å². The highest BCUT2D eigenvalue weighted by molar-refractivity contribution is 7.91. The maximum atomic E-state index is 13.9. The van der Waals surface area contributed by atoms with E-state index in [1.54, 1.807) is 19.1 Å². The average molecular weight is 286 g/mol. The first-order chi connectivity index (χ1) is 8.91. The Morgan fingerprint density at radius 2 is 2.05 bits per heavy atom. The molecule has 0 amide bonds. The van der Waals surface area contributed by atoms with Gasteiger partial charge < -0.3 is 10.6 Å². The Kier molecular flexibility index (Phi) is 4.10. The van der Waals surface area contributed by atoms with Crippen molar-refractivity contribution in [3.8, 4) is 0 Å². The smallest absolute Gasteiger partial charge is 0.152 e. The van der Waals surface area contributed by atoms with Crippen LogP contribution in [0.4, 0.5) is 10.1 Å². The van der Waals surface area contributed by atoms with Gasteiger partial charge >= 0.3 is 0 Å². The number of halogens is 1. The van der Waals surface area contributed by atoms with Crippen LogP contribution in [0.15, 0.2) is 18.2 Å². The Balaban J connectivity index is 2.34. The van der Waals surface area contributed by atoms with Crippen molar-refractivity contribution in [1.82, 2.24) is 0 Å². The third-order valence-corrected chi connectivity index (χ3v) is 5.10. The van der Waals surface area contributed by atoms with Crippen LogP contribution < -0.4 is 10.6 Å². The molecule has 1 aromatic rings. The molecule has 1 saturated heterocycles. The van der Waals surface area contributed by atoms with E-state index in [2.05, 4.69) is 0 Å². The molecule has 0 radical (unpaired) electrons. The highest BCUT2D eigenvalue weighted by atomic mass is 32.2. The van der Waals surface area contributed by atoms with E-state index >= 15 is 0 Å². The average Bonchev–Trinajstić information content (AvgIpc) is 2.49. The molecule has 1 aliphatic rings. The van der Waals surface area contributed by atoms with Gasteiger partial charge in [-0.2, -0.15) is 0 Å². The SMILES string of the molecule is C[C@@H](N)c1c(F)cccc1N1CCCS(=O)(=O)CC1. The van der Waals surface area contributed by atoms with Gasteiger partial charge in [-0.1, -0.05) is 6.07 Å². The molecule has 1 heterocycles. The minimum atomic E-state index is -2.97. The fourth-order valence-electron chi connectivity index (χ4n) is 2.43. The van der Waals surface area contributed by atoms with Gasteiger partial charge in [-0.3, -0.25) is 0 Å². The number of hydrogen-bond donors (Lipinski definition) is 1. The Bertz CT molecular complexity index is 558.